The van der Waals surface area contributed by atoms with E-state index in [9.17, 15) is 4.57 Å². The van der Waals surface area contributed by atoms with Crippen LogP contribution in [0.2, 0.25) is 0 Å². The first-order chi connectivity index (χ1) is 16.1. The van der Waals surface area contributed by atoms with Crippen LogP contribution in [-0.4, -0.2) is 37.0 Å². The molecule has 5 heteroatoms. The summed E-state index contributed by atoms with van der Waals surface area (Å²) >= 11 is 0. The van der Waals surface area contributed by atoms with Crippen molar-refractivity contribution in [1.82, 2.24) is 4.90 Å². The van der Waals surface area contributed by atoms with Gasteiger partial charge in [0.1, 0.15) is 5.78 Å². The zero-order chi connectivity index (χ0) is 24.6. The van der Waals surface area contributed by atoms with Crippen molar-refractivity contribution < 1.29 is 13.6 Å². The molecule has 0 rings (SSSR count). The molecule has 0 bridgehead atoms. The molecule has 0 radical (unpaired) electrons. The Kier molecular flexibility index (Phi) is 23.9. The van der Waals surface area contributed by atoms with Crippen molar-refractivity contribution in [2.75, 3.05) is 26.3 Å². The monoisotopic (exact) mass is 489 g/mol. The third kappa shape index (κ3) is 17.2. The molecule has 4 nitrogen and oxygen atoms in total. The van der Waals surface area contributed by atoms with Gasteiger partial charge in [0, 0.05) is 0 Å². The second-order valence-electron chi connectivity index (χ2n) is 9.63. The summed E-state index contributed by atoms with van der Waals surface area (Å²) in [6.07, 6.45) is 22.5. The summed E-state index contributed by atoms with van der Waals surface area (Å²) in [4.78, 5) is 2.51. The molecule has 0 aromatic carbocycles. The lowest BCUT2D eigenvalue weighted by molar-refractivity contribution is 0.152. The fourth-order valence-corrected chi connectivity index (χ4v) is 6.91. The third-order valence-corrected chi connectivity index (χ3v) is 9.12. The van der Waals surface area contributed by atoms with Gasteiger partial charge in [0.25, 0.3) is 0 Å². The maximum Gasteiger partial charge on any atom is 0.347 e. The Morgan fingerprint density at radius 1 is 0.545 bits per heavy atom. The Hall–Kier alpha value is 0.110. The van der Waals surface area contributed by atoms with Crippen LogP contribution in [0.1, 0.15) is 150 Å². The summed E-state index contributed by atoms with van der Waals surface area (Å²) in [7, 11) is -3.15. The van der Waals surface area contributed by atoms with Crippen molar-refractivity contribution in [2.45, 2.75) is 156 Å². The maximum atomic E-state index is 13.9. The standard InChI is InChI=1S/C28H60NO3P/c1-6-11-14-17-20-23-26-29(27-24-21-18-15-12-7-2)28(25-22-19-16-13-8-3)33(30,31-9-4)32-10-5/h28H,6-27H2,1-5H3. The predicted molar refractivity (Wildman–Crippen MR) is 146 cm³/mol. The van der Waals surface area contributed by atoms with E-state index in [2.05, 4.69) is 25.7 Å². The van der Waals surface area contributed by atoms with Gasteiger partial charge in [-0.3, -0.25) is 9.46 Å². The molecule has 0 spiro atoms. The molecule has 0 N–H and O–H groups in total. The smallest absolute Gasteiger partial charge is 0.308 e. The van der Waals surface area contributed by atoms with E-state index < -0.39 is 7.60 Å². The Bertz CT molecular complexity index is 421. The number of nitrogens with zero attached hydrogens (tertiary/aromatic N) is 1. The van der Waals surface area contributed by atoms with Crippen LogP contribution in [0.25, 0.3) is 0 Å². The van der Waals surface area contributed by atoms with Crippen molar-refractivity contribution in [3.8, 4) is 0 Å². The highest BCUT2D eigenvalue weighted by Crippen LogP contribution is 2.56. The molecule has 0 heterocycles. The third-order valence-electron chi connectivity index (χ3n) is 6.57. The van der Waals surface area contributed by atoms with Crippen molar-refractivity contribution in [3.63, 3.8) is 0 Å². The molecule has 1 unspecified atom stereocenters. The van der Waals surface area contributed by atoms with E-state index >= 15 is 0 Å². The van der Waals surface area contributed by atoms with E-state index in [1.54, 1.807) is 0 Å². The van der Waals surface area contributed by atoms with E-state index in [1.807, 2.05) is 13.8 Å². The Labute approximate surface area is 208 Å². The molecule has 0 aliphatic heterocycles. The van der Waals surface area contributed by atoms with Gasteiger partial charge < -0.3 is 9.05 Å². The molecule has 0 saturated carbocycles. The van der Waals surface area contributed by atoms with Crippen LogP contribution in [0.15, 0.2) is 0 Å². The number of unbranched alkanes of at least 4 members (excludes halogenated alkanes) is 14. The average Bonchev–Trinajstić information content (AvgIpc) is 2.80. The molecule has 200 valence electrons. The molecule has 0 aromatic rings. The summed E-state index contributed by atoms with van der Waals surface area (Å²) in [5.74, 6) is -0.0923. The second kappa shape index (κ2) is 23.8. The molecule has 0 aliphatic carbocycles. The van der Waals surface area contributed by atoms with Crippen LogP contribution in [0.4, 0.5) is 0 Å². The first kappa shape index (κ1) is 33.1. The van der Waals surface area contributed by atoms with Gasteiger partial charge in [0.2, 0.25) is 0 Å². The quantitative estimate of drug-likeness (QED) is 0.0895. The highest BCUT2D eigenvalue weighted by molar-refractivity contribution is 7.54. The van der Waals surface area contributed by atoms with Crippen LogP contribution >= 0.6 is 7.60 Å². The summed E-state index contributed by atoms with van der Waals surface area (Å²) in [5.41, 5.74) is 0. The van der Waals surface area contributed by atoms with Crippen LogP contribution in [0, 0.1) is 0 Å². The zero-order valence-electron chi connectivity index (χ0n) is 23.3. The van der Waals surface area contributed by atoms with Crippen molar-refractivity contribution >= 4 is 7.60 Å². The highest BCUT2D eigenvalue weighted by Gasteiger charge is 2.39. The van der Waals surface area contributed by atoms with Crippen molar-refractivity contribution in [2.24, 2.45) is 0 Å². The van der Waals surface area contributed by atoms with Gasteiger partial charge in [0.15, 0.2) is 0 Å². The number of rotatable bonds is 26. The van der Waals surface area contributed by atoms with E-state index in [0.29, 0.717) is 13.2 Å². The minimum absolute atomic E-state index is 0.0923. The normalized spacial score (nSPS) is 13.2. The Morgan fingerprint density at radius 2 is 0.909 bits per heavy atom. The lowest BCUT2D eigenvalue weighted by Gasteiger charge is -2.36. The van der Waals surface area contributed by atoms with Gasteiger partial charge in [-0.05, 0) is 46.2 Å². The van der Waals surface area contributed by atoms with Gasteiger partial charge in [-0.15, -0.1) is 0 Å². The molecule has 0 saturated heterocycles. The van der Waals surface area contributed by atoms with E-state index in [0.717, 1.165) is 25.9 Å². The summed E-state index contributed by atoms with van der Waals surface area (Å²) in [6, 6.07) is 0. The number of hydrogen-bond acceptors (Lipinski definition) is 4. The van der Waals surface area contributed by atoms with Gasteiger partial charge in [-0.25, -0.2) is 0 Å². The maximum absolute atomic E-state index is 13.9. The van der Waals surface area contributed by atoms with Crippen molar-refractivity contribution in [1.29, 1.82) is 0 Å². The van der Waals surface area contributed by atoms with Gasteiger partial charge >= 0.3 is 7.60 Å². The average molecular weight is 490 g/mol. The lowest BCUT2D eigenvalue weighted by atomic mass is 10.1. The molecule has 0 aromatic heterocycles. The highest BCUT2D eigenvalue weighted by atomic mass is 31.2. The fourth-order valence-electron chi connectivity index (χ4n) is 4.64. The van der Waals surface area contributed by atoms with Gasteiger partial charge in [-0.1, -0.05) is 117 Å². The van der Waals surface area contributed by atoms with E-state index in [-0.39, 0.29) is 5.78 Å². The molecule has 1 atom stereocenters. The predicted octanol–water partition coefficient (Wildman–Crippen LogP) is 9.96. The zero-order valence-corrected chi connectivity index (χ0v) is 24.1. The van der Waals surface area contributed by atoms with E-state index in [4.69, 9.17) is 9.05 Å². The lowest BCUT2D eigenvalue weighted by Crippen LogP contribution is -2.38. The van der Waals surface area contributed by atoms with Crippen LogP contribution < -0.4 is 0 Å². The minimum Gasteiger partial charge on any atom is -0.308 e. The van der Waals surface area contributed by atoms with Gasteiger partial charge in [0.05, 0.1) is 13.2 Å². The Morgan fingerprint density at radius 3 is 1.30 bits per heavy atom. The first-order valence-corrected chi connectivity index (χ1v) is 16.3. The largest absolute Gasteiger partial charge is 0.347 e. The molecule has 0 fully saturated rings. The van der Waals surface area contributed by atoms with E-state index in [1.165, 1.54) is 103 Å². The molecule has 0 aliphatic rings. The molecule has 33 heavy (non-hydrogen) atoms. The Balaban J connectivity index is 5.20. The SMILES string of the molecule is CCCCCCCCN(CCCCCCCC)C(CCCCCCC)P(=O)(OCC)OCC. The van der Waals surface area contributed by atoms with Gasteiger partial charge in [-0.2, -0.15) is 0 Å². The first-order valence-electron chi connectivity index (χ1n) is 14.7. The molecular formula is C28H60NO3P. The molecular weight excluding hydrogens is 429 g/mol. The van der Waals surface area contributed by atoms with Crippen LogP contribution in [0.3, 0.4) is 0 Å². The number of hydrogen-bond donors (Lipinski definition) is 0. The summed E-state index contributed by atoms with van der Waals surface area (Å²) in [5, 5.41) is 0. The van der Waals surface area contributed by atoms with Crippen LogP contribution in [0.5, 0.6) is 0 Å². The summed E-state index contributed by atoms with van der Waals surface area (Å²) < 4.78 is 25.7. The minimum atomic E-state index is -3.15. The summed E-state index contributed by atoms with van der Waals surface area (Å²) in [6.45, 7) is 13.6. The molecule has 0 amide bonds. The van der Waals surface area contributed by atoms with Crippen LogP contribution in [-0.2, 0) is 13.6 Å². The van der Waals surface area contributed by atoms with Crippen molar-refractivity contribution in [3.05, 3.63) is 0 Å². The fraction of sp³-hybridized carbons (Fsp3) is 1.00. The topological polar surface area (TPSA) is 38.8 Å². The second-order valence-corrected chi connectivity index (χ2v) is 11.8.